The quantitative estimate of drug-likeness (QED) is 0.590. The van der Waals surface area contributed by atoms with Gasteiger partial charge in [0.25, 0.3) is 0 Å². The van der Waals surface area contributed by atoms with Crippen molar-refractivity contribution < 1.29 is 18.7 Å². The molecule has 0 spiro atoms. The smallest absolute Gasteiger partial charge is 0.317 e. The monoisotopic (exact) mass is 324 g/mol. The second kappa shape index (κ2) is 9.82. The molecule has 6 heteroatoms. The van der Waals surface area contributed by atoms with Gasteiger partial charge in [0.05, 0.1) is 13.2 Å². The molecule has 0 aliphatic heterocycles. The number of nitrogens with one attached hydrogen (secondary N) is 1. The molecule has 1 atom stereocenters. The van der Waals surface area contributed by atoms with Gasteiger partial charge in [0, 0.05) is 19.5 Å². The molecule has 0 saturated heterocycles. The van der Waals surface area contributed by atoms with E-state index in [0.29, 0.717) is 32.4 Å². The van der Waals surface area contributed by atoms with Crippen LogP contribution < -0.4 is 5.32 Å². The Balaban J connectivity index is 2.45. The maximum atomic E-state index is 13.0. The van der Waals surface area contributed by atoms with E-state index >= 15 is 0 Å². The SMILES string of the molecule is CCN(C(=O)NCCCCC(=O)OC)C(C)c1ccc(F)cc1. The molecule has 0 bridgehead atoms. The minimum atomic E-state index is -0.293. The Morgan fingerprint density at radius 2 is 1.91 bits per heavy atom. The lowest BCUT2D eigenvalue weighted by Gasteiger charge is -2.28. The van der Waals surface area contributed by atoms with Crippen molar-refractivity contribution in [1.82, 2.24) is 10.2 Å². The zero-order valence-electron chi connectivity index (χ0n) is 14.0. The van der Waals surface area contributed by atoms with E-state index < -0.39 is 0 Å². The Morgan fingerprint density at radius 1 is 1.26 bits per heavy atom. The predicted molar refractivity (Wildman–Crippen MR) is 86.5 cm³/mol. The van der Waals surface area contributed by atoms with Crippen LogP contribution in [0.3, 0.4) is 0 Å². The van der Waals surface area contributed by atoms with Crippen molar-refractivity contribution in [3.8, 4) is 0 Å². The van der Waals surface area contributed by atoms with Gasteiger partial charge in [-0.25, -0.2) is 9.18 Å². The van der Waals surface area contributed by atoms with Gasteiger partial charge in [0.1, 0.15) is 5.82 Å². The number of methoxy groups -OCH3 is 1. The van der Waals surface area contributed by atoms with Gasteiger partial charge in [-0.1, -0.05) is 12.1 Å². The molecule has 2 amide bonds. The summed E-state index contributed by atoms with van der Waals surface area (Å²) in [5.74, 6) is -0.532. The summed E-state index contributed by atoms with van der Waals surface area (Å²) >= 11 is 0. The van der Waals surface area contributed by atoms with E-state index in [2.05, 4.69) is 10.1 Å². The molecule has 1 aromatic carbocycles. The van der Waals surface area contributed by atoms with Crippen molar-refractivity contribution in [2.24, 2.45) is 0 Å². The van der Waals surface area contributed by atoms with E-state index in [1.165, 1.54) is 19.2 Å². The average Bonchev–Trinajstić information content (AvgIpc) is 2.55. The fraction of sp³-hybridized carbons (Fsp3) is 0.529. The number of benzene rings is 1. The molecule has 23 heavy (non-hydrogen) atoms. The molecular weight excluding hydrogens is 299 g/mol. The number of hydrogen-bond donors (Lipinski definition) is 1. The number of hydrogen-bond acceptors (Lipinski definition) is 3. The molecule has 0 saturated carbocycles. The Hall–Kier alpha value is -2.11. The van der Waals surface area contributed by atoms with Crippen LogP contribution in [0.2, 0.25) is 0 Å². The van der Waals surface area contributed by atoms with Crippen LogP contribution in [0.4, 0.5) is 9.18 Å². The first-order valence-electron chi connectivity index (χ1n) is 7.86. The van der Waals surface area contributed by atoms with Gasteiger partial charge < -0.3 is 15.0 Å². The Morgan fingerprint density at radius 3 is 2.48 bits per heavy atom. The van der Waals surface area contributed by atoms with Crippen molar-refractivity contribution in [3.63, 3.8) is 0 Å². The average molecular weight is 324 g/mol. The summed E-state index contributed by atoms with van der Waals surface area (Å²) in [5.41, 5.74) is 0.883. The molecule has 1 aromatic rings. The highest BCUT2D eigenvalue weighted by Crippen LogP contribution is 2.20. The lowest BCUT2D eigenvalue weighted by molar-refractivity contribution is -0.140. The summed E-state index contributed by atoms with van der Waals surface area (Å²) < 4.78 is 17.5. The number of ether oxygens (including phenoxy) is 1. The topological polar surface area (TPSA) is 58.6 Å². The van der Waals surface area contributed by atoms with E-state index in [9.17, 15) is 14.0 Å². The van der Waals surface area contributed by atoms with E-state index in [1.54, 1.807) is 17.0 Å². The summed E-state index contributed by atoms with van der Waals surface area (Å²) in [6.07, 6.45) is 1.74. The summed E-state index contributed by atoms with van der Waals surface area (Å²) in [6, 6.07) is 5.85. The van der Waals surface area contributed by atoms with Gasteiger partial charge in [-0.05, 0) is 44.4 Å². The standard InChI is InChI=1S/C17H25FN2O3/c1-4-20(13(2)14-8-10-15(18)11-9-14)17(22)19-12-6-5-7-16(21)23-3/h8-11,13H,4-7,12H2,1-3H3,(H,19,22). The van der Waals surface area contributed by atoms with Crippen molar-refractivity contribution in [3.05, 3.63) is 35.6 Å². The molecule has 1 rings (SSSR count). The van der Waals surface area contributed by atoms with Gasteiger partial charge >= 0.3 is 12.0 Å². The van der Waals surface area contributed by atoms with Gasteiger partial charge in [-0.15, -0.1) is 0 Å². The lowest BCUT2D eigenvalue weighted by Crippen LogP contribution is -2.41. The van der Waals surface area contributed by atoms with Gasteiger partial charge in [0.15, 0.2) is 0 Å². The first-order chi connectivity index (χ1) is 11.0. The molecule has 0 heterocycles. The molecule has 0 fully saturated rings. The van der Waals surface area contributed by atoms with Crippen LogP contribution in [0.15, 0.2) is 24.3 Å². The van der Waals surface area contributed by atoms with Crippen LogP contribution in [-0.4, -0.2) is 37.1 Å². The third kappa shape index (κ3) is 6.26. The molecule has 0 radical (unpaired) electrons. The summed E-state index contributed by atoms with van der Waals surface area (Å²) in [5, 5.41) is 2.85. The van der Waals surface area contributed by atoms with Crippen LogP contribution in [-0.2, 0) is 9.53 Å². The first-order valence-corrected chi connectivity index (χ1v) is 7.86. The van der Waals surface area contributed by atoms with Crippen molar-refractivity contribution in [2.45, 2.75) is 39.2 Å². The molecule has 0 aliphatic carbocycles. The van der Waals surface area contributed by atoms with Gasteiger partial charge in [-0.2, -0.15) is 0 Å². The lowest BCUT2D eigenvalue weighted by atomic mass is 10.1. The Kier molecular flexibility index (Phi) is 8.08. The fourth-order valence-electron chi connectivity index (χ4n) is 2.31. The highest BCUT2D eigenvalue weighted by Gasteiger charge is 2.19. The normalized spacial score (nSPS) is 11.7. The fourth-order valence-corrected chi connectivity index (χ4v) is 2.31. The number of esters is 1. The van der Waals surface area contributed by atoms with Crippen molar-refractivity contribution >= 4 is 12.0 Å². The zero-order valence-corrected chi connectivity index (χ0v) is 14.0. The number of rotatable bonds is 8. The Bertz CT molecular complexity index is 505. The minimum absolute atomic E-state index is 0.143. The summed E-state index contributed by atoms with van der Waals surface area (Å²) in [6.45, 7) is 4.86. The minimum Gasteiger partial charge on any atom is -0.469 e. The van der Waals surface area contributed by atoms with Crippen LogP contribution in [0.1, 0.15) is 44.7 Å². The predicted octanol–water partition coefficient (Wildman–Crippen LogP) is 3.26. The number of carbonyl (C=O) groups is 2. The molecule has 128 valence electrons. The number of urea groups is 1. The zero-order chi connectivity index (χ0) is 17.2. The molecule has 1 N–H and O–H groups in total. The third-order valence-corrected chi connectivity index (χ3v) is 3.73. The number of amides is 2. The molecule has 0 aromatic heterocycles. The summed E-state index contributed by atoms with van der Waals surface area (Å²) in [4.78, 5) is 24.9. The largest absolute Gasteiger partial charge is 0.469 e. The first kappa shape index (κ1) is 18.9. The number of carbonyl (C=O) groups excluding carboxylic acids is 2. The van der Waals surface area contributed by atoms with E-state index in [0.717, 1.165) is 5.56 Å². The third-order valence-electron chi connectivity index (χ3n) is 3.73. The number of halogens is 1. The maximum absolute atomic E-state index is 13.0. The molecule has 1 unspecified atom stereocenters. The van der Waals surface area contributed by atoms with E-state index in [1.807, 2.05) is 13.8 Å². The van der Waals surface area contributed by atoms with Crippen LogP contribution >= 0.6 is 0 Å². The highest BCUT2D eigenvalue weighted by atomic mass is 19.1. The van der Waals surface area contributed by atoms with Crippen LogP contribution in [0, 0.1) is 5.82 Å². The summed E-state index contributed by atoms with van der Waals surface area (Å²) in [7, 11) is 1.36. The van der Waals surface area contributed by atoms with Crippen molar-refractivity contribution in [2.75, 3.05) is 20.2 Å². The van der Waals surface area contributed by atoms with Crippen LogP contribution in [0.5, 0.6) is 0 Å². The van der Waals surface area contributed by atoms with Crippen molar-refractivity contribution in [1.29, 1.82) is 0 Å². The molecule has 5 nitrogen and oxygen atoms in total. The highest BCUT2D eigenvalue weighted by molar-refractivity contribution is 5.74. The molecular formula is C17H25FN2O3. The second-order valence-electron chi connectivity index (χ2n) is 5.28. The Labute approximate surface area is 136 Å². The number of unbranched alkanes of at least 4 members (excludes halogenated alkanes) is 1. The van der Waals surface area contributed by atoms with Gasteiger partial charge in [0.2, 0.25) is 0 Å². The molecule has 0 aliphatic rings. The number of nitrogens with zero attached hydrogens (tertiary/aromatic N) is 1. The second-order valence-corrected chi connectivity index (χ2v) is 5.28. The maximum Gasteiger partial charge on any atom is 0.317 e. The van der Waals surface area contributed by atoms with Crippen LogP contribution in [0.25, 0.3) is 0 Å². The van der Waals surface area contributed by atoms with E-state index in [4.69, 9.17) is 0 Å². The van der Waals surface area contributed by atoms with E-state index in [-0.39, 0.29) is 23.9 Å². The van der Waals surface area contributed by atoms with Gasteiger partial charge in [-0.3, -0.25) is 4.79 Å².